The summed E-state index contributed by atoms with van der Waals surface area (Å²) < 4.78 is 32.5. The van der Waals surface area contributed by atoms with Gasteiger partial charge in [0.05, 0.1) is 16.7 Å². The third-order valence-electron chi connectivity index (χ3n) is 5.01. The zero-order valence-corrected chi connectivity index (χ0v) is 19.0. The Kier molecular flexibility index (Phi) is 7.50. The summed E-state index contributed by atoms with van der Waals surface area (Å²) in [5.74, 6) is 0.639. The number of aromatic nitrogens is 2. The van der Waals surface area contributed by atoms with Gasteiger partial charge in [0.15, 0.2) is 0 Å². The third kappa shape index (κ3) is 5.20. The average Bonchev–Trinajstić information content (AvgIpc) is 3.21. The fourth-order valence-electron chi connectivity index (χ4n) is 3.31. The van der Waals surface area contributed by atoms with Gasteiger partial charge in [-0.05, 0) is 32.6 Å². The Bertz CT molecular complexity index is 941. The first-order valence-electron chi connectivity index (χ1n) is 9.78. The molecule has 1 aliphatic heterocycles. The fourth-order valence-corrected chi connectivity index (χ4v) is 5.42. The molecular weight excluding hydrogens is 426 g/mol. The van der Waals surface area contributed by atoms with Crippen molar-refractivity contribution in [3.8, 4) is 0 Å². The number of benzene rings is 1. The number of piperazine rings is 1. The van der Waals surface area contributed by atoms with E-state index in [1.807, 2.05) is 25.9 Å². The highest BCUT2D eigenvalue weighted by Crippen LogP contribution is 2.25. The lowest BCUT2D eigenvalue weighted by atomic mass is 10.2. The Morgan fingerprint density at radius 1 is 1.17 bits per heavy atom. The molecule has 0 saturated carbocycles. The largest absolute Gasteiger partial charge is 0.414 e. The van der Waals surface area contributed by atoms with Crippen molar-refractivity contribution in [3.05, 3.63) is 36.2 Å². The molecule has 0 unspecified atom stereocenters. The number of hydrogen-bond acceptors (Lipinski definition) is 8. The predicted octanol–water partition coefficient (Wildman–Crippen LogP) is 1.71. The molecule has 2 heterocycles. The van der Waals surface area contributed by atoms with Gasteiger partial charge in [0, 0.05) is 26.2 Å². The highest BCUT2D eigenvalue weighted by atomic mass is 32.2. The number of sulfonamides is 1. The number of thioether (sulfide) groups is 1. The second-order valence-electron chi connectivity index (χ2n) is 7.18. The number of hydrogen-bond donors (Lipinski definition) is 0. The van der Waals surface area contributed by atoms with Gasteiger partial charge in [-0.3, -0.25) is 9.69 Å². The molecule has 3 rings (SSSR count). The zero-order chi connectivity index (χ0) is 21.7. The van der Waals surface area contributed by atoms with E-state index in [9.17, 15) is 13.2 Å². The molecule has 0 radical (unpaired) electrons. The molecular formula is C19H27N5O4S2. The van der Waals surface area contributed by atoms with E-state index < -0.39 is 10.0 Å². The molecule has 1 aromatic heterocycles. The summed E-state index contributed by atoms with van der Waals surface area (Å²) >= 11 is 1.20. The van der Waals surface area contributed by atoms with Gasteiger partial charge in [-0.15, -0.1) is 10.2 Å². The van der Waals surface area contributed by atoms with Crippen LogP contribution in [0.25, 0.3) is 0 Å². The molecule has 1 amide bonds. The van der Waals surface area contributed by atoms with Gasteiger partial charge >= 0.3 is 0 Å². The minimum Gasteiger partial charge on any atom is -0.414 e. The Balaban J connectivity index is 1.51. The maximum Gasteiger partial charge on any atom is 0.277 e. The predicted molar refractivity (Wildman–Crippen MR) is 114 cm³/mol. The zero-order valence-electron chi connectivity index (χ0n) is 17.4. The lowest BCUT2D eigenvalue weighted by molar-refractivity contribution is -0.129. The monoisotopic (exact) mass is 453 g/mol. The van der Waals surface area contributed by atoms with Crippen molar-refractivity contribution in [1.82, 2.24) is 24.3 Å². The summed E-state index contributed by atoms with van der Waals surface area (Å²) in [6.45, 7) is 3.32. The Morgan fingerprint density at radius 3 is 2.43 bits per heavy atom. The van der Waals surface area contributed by atoms with E-state index in [0.29, 0.717) is 24.2 Å². The summed E-state index contributed by atoms with van der Waals surface area (Å²) in [5.41, 5.74) is 0. The first kappa shape index (κ1) is 22.7. The van der Waals surface area contributed by atoms with Crippen LogP contribution in [-0.4, -0.2) is 84.7 Å². The molecule has 0 N–H and O–H groups in total. The smallest absolute Gasteiger partial charge is 0.277 e. The highest BCUT2D eigenvalue weighted by Gasteiger charge is 2.30. The van der Waals surface area contributed by atoms with E-state index in [-0.39, 0.29) is 35.7 Å². The van der Waals surface area contributed by atoms with Crippen LogP contribution in [0, 0.1) is 0 Å². The van der Waals surface area contributed by atoms with Crippen molar-refractivity contribution in [2.75, 3.05) is 46.0 Å². The van der Waals surface area contributed by atoms with E-state index in [2.05, 4.69) is 10.2 Å². The average molecular weight is 454 g/mol. The quantitative estimate of drug-likeness (QED) is 0.557. The van der Waals surface area contributed by atoms with Crippen LogP contribution >= 0.6 is 11.8 Å². The first-order valence-corrected chi connectivity index (χ1v) is 12.2. The number of carbonyl (C=O) groups is 1. The van der Waals surface area contributed by atoms with Gasteiger partial charge in [0.25, 0.3) is 5.22 Å². The summed E-state index contributed by atoms with van der Waals surface area (Å²) in [7, 11) is 0.373. The number of nitrogens with zero attached hydrogens (tertiary/aromatic N) is 5. The van der Waals surface area contributed by atoms with Crippen molar-refractivity contribution in [2.24, 2.45) is 0 Å². The van der Waals surface area contributed by atoms with Crippen LogP contribution in [0.4, 0.5) is 0 Å². The second-order valence-corrected chi connectivity index (χ2v) is 10.0. The van der Waals surface area contributed by atoms with E-state index in [1.165, 1.54) is 16.1 Å². The van der Waals surface area contributed by atoms with Gasteiger partial charge in [-0.25, -0.2) is 8.42 Å². The lowest BCUT2D eigenvalue weighted by Gasteiger charge is -2.33. The summed E-state index contributed by atoms with van der Waals surface area (Å²) in [5, 5.41) is 8.48. The van der Waals surface area contributed by atoms with Gasteiger partial charge in [0.1, 0.15) is 0 Å². The Labute approximate surface area is 181 Å². The molecule has 1 saturated heterocycles. The van der Waals surface area contributed by atoms with Crippen LogP contribution < -0.4 is 0 Å². The fraction of sp³-hybridized carbons (Fsp3) is 0.526. The first-order chi connectivity index (χ1) is 14.3. The number of rotatable bonds is 8. The molecule has 0 aliphatic carbocycles. The van der Waals surface area contributed by atoms with Crippen LogP contribution in [-0.2, 0) is 14.8 Å². The Morgan fingerprint density at radius 2 is 1.83 bits per heavy atom. The second kappa shape index (κ2) is 9.90. The van der Waals surface area contributed by atoms with Gasteiger partial charge in [-0.2, -0.15) is 4.31 Å². The molecule has 0 spiro atoms. The number of carbonyl (C=O) groups excluding carboxylic acids is 1. The van der Waals surface area contributed by atoms with Gasteiger partial charge < -0.3 is 9.32 Å². The van der Waals surface area contributed by atoms with Crippen LogP contribution in [0.5, 0.6) is 0 Å². The molecule has 0 bridgehead atoms. The van der Waals surface area contributed by atoms with E-state index in [1.54, 1.807) is 35.2 Å². The van der Waals surface area contributed by atoms with Crippen molar-refractivity contribution in [1.29, 1.82) is 0 Å². The molecule has 11 heteroatoms. The molecule has 1 aromatic carbocycles. The molecule has 2 aromatic rings. The van der Waals surface area contributed by atoms with E-state index in [4.69, 9.17) is 4.42 Å². The van der Waals surface area contributed by atoms with Gasteiger partial charge in [-0.1, -0.05) is 36.9 Å². The van der Waals surface area contributed by atoms with Crippen LogP contribution in [0.2, 0.25) is 0 Å². The maximum atomic E-state index is 12.7. The van der Waals surface area contributed by atoms with Crippen LogP contribution in [0.15, 0.2) is 44.9 Å². The van der Waals surface area contributed by atoms with Crippen LogP contribution in [0.1, 0.15) is 25.3 Å². The third-order valence-corrected chi connectivity index (χ3v) is 7.72. The molecule has 1 aliphatic rings. The van der Waals surface area contributed by atoms with Crippen molar-refractivity contribution in [2.45, 2.75) is 29.5 Å². The van der Waals surface area contributed by atoms with Crippen molar-refractivity contribution >= 4 is 27.7 Å². The lowest BCUT2D eigenvalue weighted by Crippen LogP contribution is -2.50. The molecule has 30 heavy (non-hydrogen) atoms. The van der Waals surface area contributed by atoms with Crippen molar-refractivity contribution in [3.63, 3.8) is 0 Å². The van der Waals surface area contributed by atoms with Gasteiger partial charge in [0.2, 0.25) is 21.8 Å². The normalized spacial score (nSPS) is 16.7. The minimum atomic E-state index is -3.53. The van der Waals surface area contributed by atoms with E-state index in [0.717, 1.165) is 6.42 Å². The summed E-state index contributed by atoms with van der Waals surface area (Å²) in [6, 6.07) is 8.40. The number of amides is 1. The topological polar surface area (TPSA) is 99.8 Å². The highest BCUT2D eigenvalue weighted by molar-refractivity contribution is 7.99. The van der Waals surface area contributed by atoms with Crippen molar-refractivity contribution < 1.29 is 17.6 Å². The maximum absolute atomic E-state index is 12.7. The molecule has 9 nitrogen and oxygen atoms in total. The SMILES string of the molecule is CC[C@@H](c1nnc(SCC(=O)N2CCN(S(=O)(=O)c3ccccc3)CC2)o1)N(C)C. The Hall–Kier alpha value is -1.95. The minimum absolute atomic E-state index is 0.0437. The molecule has 164 valence electrons. The summed E-state index contributed by atoms with van der Waals surface area (Å²) in [4.78, 5) is 16.5. The summed E-state index contributed by atoms with van der Waals surface area (Å²) in [6.07, 6.45) is 0.842. The molecule has 1 fully saturated rings. The standard InChI is InChI=1S/C19H27N5O4S2/c1-4-16(22(2)3)18-20-21-19(28-18)29-14-17(25)23-10-12-24(13-11-23)30(26,27)15-8-6-5-7-9-15/h5-9,16H,4,10-14H2,1-3H3/t16-/m0/s1. The van der Waals surface area contributed by atoms with E-state index >= 15 is 0 Å². The molecule has 1 atom stereocenters. The van der Waals surface area contributed by atoms with Crippen LogP contribution in [0.3, 0.4) is 0 Å².